The second kappa shape index (κ2) is 9.54. The minimum absolute atomic E-state index is 0.0364. The minimum atomic E-state index is -0.262. The van der Waals surface area contributed by atoms with Crippen LogP contribution in [0.1, 0.15) is 41.7 Å². The molecule has 0 spiro atoms. The molecule has 0 aromatic carbocycles. The molecule has 2 amide bonds. The molecule has 2 saturated heterocycles. The quantitative estimate of drug-likeness (QED) is 0.720. The van der Waals surface area contributed by atoms with Crippen molar-refractivity contribution in [2.45, 2.75) is 31.8 Å². The molecule has 1 saturated carbocycles. The number of nitrogens with one attached hydrogen (secondary N) is 1. The van der Waals surface area contributed by atoms with Crippen molar-refractivity contribution in [3.8, 4) is 6.07 Å². The molecule has 30 heavy (non-hydrogen) atoms. The number of aromatic nitrogens is 1. The highest BCUT2D eigenvalue weighted by atomic mass is 16.5. The fourth-order valence-electron chi connectivity index (χ4n) is 4.21. The van der Waals surface area contributed by atoms with Crippen LogP contribution in [0, 0.1) is 23.2 Å². The van der Waals surface area contributed by atoms with Gasteiger partial charge in [-0.15, -0.1) is 0 Å². The molecule has 1 atom stereocenters. The Labute approximate surface area is 177 Å². The number of amides is 2. The lowest BCUT2D eigenvalue weighted by Gasteiger charge is -2.38. The van der Waals surface area contributed by atoms with Crippen molar-refractivity contribution in [2.75, 3.05) is 45.9 Å². The molecule has 160 valence electrons. The molecule has 0 bridgehead atoms. The van der Waals surface area contributed by atoms with Crippen LogP contribution >= 0.6 is 0 Å². The van der Waals surface area contributed by atoms with Crippen molar-refractivity contribution in [3.63, 3.8) is 0 Å². The van der Waals surface area contributed by atoms with Crippen molar-refractivity contribution in [3.05, 3.63) is 29.6 Å². The first-order valence-electron chi connectivity index (χ1n) is 10.9. The average Bonchev–Trinajstić information content (AvgIpc) is 3.59. The highest BCUT2D eigenvalue weighted by Gasteiger charge is 2.31. The number of hydrogen-bond acceptors (Lipinski definition) is 6. The maximum Gasteiger partial charge on any atom is 0.252 e. The lowest BCUT2D eigenvalue weighted by molar-refractivity contribution is -0.149. The van der Waals surface area contributed by atoms with Gasteiger partial charge in [0.25, 0.3) is 5.91 Å². The first kappa shape index (κ1) is 20.8. The van der Waals surface area contributed by atoms with Crippen molar-refractivity contribution in [1.29, 1.82) is 5.26 Å². The van der Waals surface area contributed by atoms with Crippen molar-refractivity contribution >= 4 is 11.8 Å². The minimum Gasteiger partial charge on any atom is -0.365 e. The van der Waals surface area contributed by atoms with E-state index in [1.165, 1.54) is 31.6 Å². The molecule has 8 heteroatoms. The zero-order valence-corrected chi connectivity index (χ0v) is 17.3. The van der Waals surface area contributed by atoms with Gasteiger partial charge in [-0.2, -0.15) is 5.26 Å². The van der Waals surface area contributed by atoms with E-state index in [4.69, 9.17) is 10.00 Å². The molecule has 1 aromatic rings. The topological polar surface area (TPSA) is 98.6 Å². The van der Waals surface area contributed by atoms with Crippen LogP contribution in [-0.4, -0.2) is 78.6 Å². The summed E-state index contributed by atoms with van der Waals surface area (Å²) in [6.07, 6.45) is 6.24. The van der Waals surface area contributed by atoms with Crippen molar-refractivity contribution in [1.82, 2.24) is 20.1 Å². The first-order valence-corrected chi connectivity index (χ1v) is 10.9. The number of rotatable bonds is 7. The van der Waals surface area contributed by atoms with Gasteiger partial charge in [0.2, 0.25) is 5.91 Å². The molecular weight excluding hydrogens is 382 g/mol. The summed E-state index contributed by atoms with van der Waals surface area (Å²) >= 11 is 0. The van der Waals surface area contributed by atoms with E-state index in [0.717, 1.165) is 38.4 Å². The van der Waals surface area contributed by atoms with Crippen LogP contribution in [0.2, 0.25) is 0 Å². The number of carbonyl (C=O) groups is 2. The van der Waals surface area contributed by atoms with E-state index in [1.54, 1.807) is 6.07 Å². The smallest absolute Gasteiger partial charge is 0.252 e. The summed E-state index contributed by atoms with van der Waals surface area (Å²) in [6, 6.07) is 5.02. The summed E-state index contributed by atoms with van der Waals surface area (Å²) < 4.78 is 5.63. The summed E-state index contributed by atoms with van der Waals surface area (Å²) in [5.41, 5.74) is 0.672. The van der Waals surface area contributed by atoms with Gasteiger partial charge >= 0.3 is 0 Å². The molecule has 0 radical (unpaired) electrons. The van der Waals surface area contributed by atoms with Crippen LogP contribution < -0.4 is 5.32 Å². The summed E-state index contributed by atoms with van der Waals surface area (Å²) in [5.74, 6) is 1.25. The zero-order valence-electron chi connectivity index (χ0n) is 17.3. The van der Waals surface area contributed by atoms with Crippen LogP contribution in [0.5, 0.6) is 0 Å². The number of ether oxygens (including phenoxy) is 1. The molecule has 1 aromatic heterocycles. The number of likely N-dealkylation sites (tertiary alicyclic amines) is 1. The fourth-order valence-corrected chi connectivity index (χ4v) is 4.21. The Hall–Kier alpha value is -2.50. The Bertz CT molecular complexity index is 794. The predicted molar refractivity (Wildman–Crippen MR) is 109 cm³/mol. The Morgan fingerprint density at radius 2 is 1.97 bits per heavy atom. The molecule has 3 aliphatic rings. The Morgan fingerprint density at radius 1 is 1.20 bits per heavy atom. The van der Waals surface area contributed by atoms with E-state index in [2.05, 4.69) is 15.2 Å². The van der Waals surface area contributed by atoms with Gasteiger partial charge in [-0.3, -0.25) is 9.59 Å². The van der Waals surface area contributed by atoms with Crippen LogP contribution in [0.3, 0.4) is 0 Å². The van der Waals surface area contributed by atoms with Gasteiger partial charge in [0.1, 0.15) is 18.4 Å². The van der Waals surface area contributed by atoms with Crippen LogP contribution in [-0.2, 0) is 9.53 Å². The monoisotopic (exact) mass is 411 g/mol. The summed E-state index contributed by atoms with van der Waals surface area (Å²) in [4.78, 5) is 33.0. The van der Waals surface area contributed by atoms with E-state index in [0.29, 0.717) is 24.6 Å². The number of morpholine rings is 1. The summed E-state index contributed by atoms with van der Waals surface area (Å²) in [7, 11) is 0. The highest BCUT2D eigenvalue weighted by Crippen LogP contribution is 2.31. The Kier molecular flexibility index (Phi) is 6.60. The van der Waals surface area contributed by atoms with E-state index < -0.39 is 0 Å². The number of nitrogens with zero attached hydrogens (tertiary/aromatic N) is 4. The molecule has 1 aliphatic carbocycles. The van der Waals surface area contributed by atoms with E-state index in [-0.39, 0.29) is 30.2 Å². The third-order valence-corrected chi connectivity index (χ3v) is 6.25. The predicted octanol–water partition coefficient (Wildman–Crippen LogP) is 1.03. The average molecular weight is 412 g/mol. The lowest BCUT2D eigenvalue weighted by atomic mass is 9.95. The third-order valence-electron chi connectivity index (χ3n) is 6.25. The third kappa shape index (κ3) is 5.55. The lowest BCUT2D eigenvalue weighted by Crippen LogP contribution is -2.52. The van der Waals surface area contributed by atoms with E-state index in [9.17, 15) is 9.59 Å². The Morgan fingerprint density at radius 3 is 2.63 bits per heavy atom. The molecule has 2 aliphatic heterocycles. The van der Waals surface area contributed by atoms with Crippen molar-refractivity contribution < 1.29 is 14.3 Å². The summed E-state index contributed by atoms with van der Waals surface area (Å²) in [6.45, 7) is 5.22. The van der Waals surface area contributed by atoms with E-state index >= 15 is 0 Å². The van der Waals surface area contributed by atoms with Gasteiger partial charge in [0.05, 0.1) is 11.7 Å². The second-order valence-corrected chi connectivity index (χ2v) is 8.67. The van der Waals surface area contributed by atoms with Gasteiger partial charge in [-0.1, -0.05) is 0 Å². The van der Waals surface area contributed by atoms with Crippen LogP contribution in [0.25, 0.3) is 0 Å². The van der Waals surface area contributed by atoms with Gasteiger partial charge in [0, 0.05) is 32.4 Å². The zero-order chi connectivity index (χ0) is 20.9. The van der Waals surface area contributed by atoms with Gasteiger partial charge < -0.3 is 19.9 Å². The highest BCUT2D eigenvalue weighted by molar-refractivity contribution is 5.93. The Balaban J connectivity index is 1.21. The van der Waals surface area contributed by atoms with Gasteiger partial charge in [0.15, 0.2) is 0 Å². The molecule has 1 N–H and O–H groups in total. The number of pyridine rings is 1. The standard InChI is InChI=1S/C22H29N5O3/c23-9-19-4-3-18(10-24-19)22(29)25-11-20-14-27(21(28)15-30-20)13-17-5-7-26(8-6-17)12-16-1-2-16/h3-4,10,16-17,20H,1-2,5-8,11-15H2,(H,25,29)/t20-/m1/s1. The van der Waals surface area contributed by atoms with E-state index in [1.807, 2.05) is 11.0 Å². The molecule has 4 rings (SSSR count). The maximum atomic E-state index is 12.3. The number of hydrogen-bond donors (Lipinski definition) is 1. The van der Waals surface area contributed by atoms with Gasteiger partial charge in [-0.25, -0.2) is 4.98 Å². The molecule has 3 heterocycles. The first-order chi connectivity index (χ1) is 14.6. The summed E-state index contributed by atoms with van der Waals surface area (Å²) in [5, 5.41) is 11.6. The molecular formula is C22H29N5O3. The van der Waals surface area contributed by atoms with Gasteiger partial charge in [-0.05, 0) is 62.7 Å². The SMILES string of the molecule is N#Cc1ccc(C(=O)NC[C@@H]2CN(CC3CCN(CC4CC4)CC3)C(=O)CO2)cn1. The molecule has 3 fully saturated rings. The molecule has 8 nitrogen and oxygen atoms in total. The molecule has 0 unspecified atom stereocenters. The normalized spacial score (nSPS) is 23.2. The largest absolute Gasteiger partial charge is 0.365 e. The number of piperidine rings is 1. The second-order valence-electron chi connectivity index (χ2n) is 8.67. The maximum absolute atomic E-state index is 12.3. The fraction of sp³-hybridized carbons (Fsp3) is 0.636. The van der Waals surface area contributed by atoms with Crippen molar-refractivity contribution in [2.24, 2.45) is 11.8 Å². The van der Waals surface area contributed by atoms with Crippen LogP contribution in [0.15, 0.2) is 18.3 Å². The van der Waals surface area contributed by atoms with Crippen LogP contribution in [0.4, 0.5) is 0 Å². The number of carbonyl (C=O) groups excluding carboxylic acids is 2. The number of nitriles is 1.